The van der Waals surface area contributed by atoms with Crippen molar-refractivity contribution in [2.45, 2.75) is 51.9 Å². The standard InChI is InChI=1S/C23H26O2/c1-15(12-16-6-8-17(9-7-16)21(24)25)18-10-11-19-20(13-18)23(4,5)14-22(19,2)3/h6-13H,14H2,1-5H3,(H,24,25). The Morgan fingerprint density at radius 1 is 0.920 bits per heavy atom. The highest BCUT2D eigenvalue weighted by Gasteiger charge is 2.41. The summed E-state index contributed by atoms with van der Waals surface area (Å²) in [6.07, 6.45) is 3.28. The Kier molecular flexibility index (Phi) is 4.10. The lowest BCUT2D eigenvalue weighted by Crippen LogP contribution is -2.17. The minimum Gasteiger partial charge on any atom is -0.478 e. The lowest BCUT2D eigenvalue weighted by Gasteiger charge is -2.22. The van der Waals surface area contributed by atoms with Crippen molar-refractivity contribution in [2.75, 3.05) is 0 Å². The molecule has 0 fully saturated rings. The Hall–Kier alpha value is -2.35. The highest BCUT2D eigenvalue weighted by Crippen LogP contribution is 2.49. The summed E-state index contributed by atoms with van der Waals surface area (Å²) in [6, 6.07) is 13.8. The van der Waals surface area contributed by atoms with Gasteiger partial charge in [-0.05, 0) is 64.1 Å². The average Bonchev–Trinajstić information content (AvgIpc) is 2.72. The smallest absolute Gasteiger partial charge is 0.335 e. The van der Waals surface area contributed by atoms with Gasteiger partial charge in [-0.15, -0.1) is 0 Å². The molecule has 0 aliphatic heterocycles. The van der Waals surface area contributed by atoms with E-state index in [4.69, 9.17) is 5.11 Å². The molecule has 2 heteroatoms. The number of carboxylic acid groups (broad SMARTS) is 1. The van der Waals surface area contributed by atoms with Crippen LogP contribution in [-0.4, -0.2) is 11.1 Å². The van der Waals surface area contributed by atoms with Gasteiger partial charge in [-0.3, -0.25) is 0 Å². The van der Waals surface area contributed by atoms with Crippen LogP contribution in [0.3, 0.4) is 0 Å². The summed E-state index contributed by atoms with van der Waals surface area (Å²) >= 11 is 0. The van der Waals surface area contributed by atoms with Crippen molar-refractivity contribution in [1.82, 2.24) is 0 Å². The van der Waals surface area contributed by atoms with Gasteiger partial charge in [0, 0.05) is 0 Å². The molecule has 1 N–H and O–H groups in total. The quantitative estimate of drug-likeness (QED) is 0.709. The molecule has 0 unspecified atom stereocenters. The zero-order valence-electron chi connectivity index (χ0n) is 15.7. The molecule has 2 aromatic carbocycles. The third kappa shape index (κ3) is 3.26. The van der Waals surface area contributed by atoms with E-state index in [0.29, 0.717) is 5.56 Å². The molecule has 0 saturated heterocycles. The zero-order chi connectivity index (χ0) is 18.4. The third-order valence-corrected chi connectivity index (χ3v) is 5.36. The van der Waals surface area contributed by atoms with Crippen molar-refractivity contribution in [3.63, 3.8) is 0 Å². The Labute approximate surface area is 150 Å². The van der Waals surface area contributed by atoms with Gasteiger partial charge in [-0.1, -0.05) is 64.1 Å². The van der Waals surface area contributed by atoms with Crippen molar-refractivity contribution >= 4 is 17.6 Å². The van der Waals surface area contributed by atoms with Crippen LogP contribution in [0.25, 0.3) is 11.6 Å². The summed E-state index contributed by atoms with van der Waals surface area (Å²) < 4.78 is 0. The topological polar surface area (TPSA) is 37.3 Å². The van der Waals surface area contributed by atoms with E-state index in [9.17, 15) is 4.79 Å². The number of carboxylic acids is 1. The van der Waals surface area contributed by atoms with Gasteiger partial charge in [0.05, 0.1) is 5.56 Å². The van der Waals surface area contributed by atoms with Crippen LogP contribution in [0.2, 0.25) is 0 Å². The molecular weight excluding hydrogens is 308 g/mol. The molecule has 130 valence electrons. The first-order chi connectivity index (χ1) is 11.6. The maximum Gasteiger partial charge on any atom is 0.335 e. The van der Waals surface area contributed by atoms with E-state index in [0.717, 1.165) is 12.0 Å². The Bertz CT molecular complexity index is 852. The summed E-state index contributed by atoms with van der Waals surface area (Å²) in [4.78, 5) is 11.0. The maximum atomic E-state index is 11.0. The van der Waals surface area contributed by atoms with E-state index in [1.807, 2.05) is 12.1 Å². The van der Waals surface area contributed by atoms with E-state index in [-0.39, 0.29) is 10.8 Å². The molecule has 0 heterocycles. The lowest BCUT2D eigenvalue weighted by molar-refractivity contribution is 0.0697. The van der Waals surface area contributed by atoms with E-state index < -0.39 is 5.97 Å². The van der Waals surface area contributed by atoms with Gasteiger partial charge in [0.1, 0.15) is 0 Å². The van der Waals surface area contributed by atoms with Gasteiger partial charge >= 0.3 is 5.97 Å². The second kappa shape index (κ2) is 5.87. The highest BCUT2D eigenvalue weighted by atomic mass is 16.4. The van der Waals surface area contributed by atoms with Crippen LogP contribution in [0.5, 0.6) is 0 Å². The summed E-state index contributed by atoms with van der Waals surface area (Å²) in [5.41, 5.74) is 7.07. The van der Waals surface area contributed by atoms with Crippen molar-refractivity contribution in [2.24, 2.45) is 0 Å². The molecule has 1 aliphatic carbocycles. The van der Waals surface area contributed by atoms with Crippen LogP contribution in [0, 0.1) is 0 Å². The summed E-state index contributed by atoms with van der Waals surface area (Å²) in [7, 11) is 0. The summed E-state index contributed by atoms with van der Waals surface area (Å²) in [5.74, 6) is -0.893. The largest absolute Gasteiger partial charge is 0.478 e. The minimum atomic E-state index is -0.893. The Morgan fingerprint density at radius 3 is 2.08 bits per heavy atom. The van der Waals surface area contributed by atoms with Crippen LogP contribution in [0.4, 0.5) is 0 Å². The van der Waals surface area contributed by atoms with Gasteiger partial charge in [-0.2, -0.15) is 0 Å². The fourth-order valence-corrected chi connectivity index (χ4v) is 4.29. The zero-order valence-corrected chi connectivity index (χ0v) is 15.7. The van der Waals surface area contributed by atoms with E-state index >= 15 is 0 Å². The molecule has 0 atom stereocenters. The molecule has 0 saturated carbocycles. The third-order valence-electron chi connectivity index (χ3n) is 5.36. The number of hydrogen-bond donors (Lipinski definition) is 1. The molecule has 0 aromatic heterocycles. The summed E-state index contributed by atoms with van der Waals surface area (Å²) in [5, 5.41) is 9.00. The first-order valence-corrected chi connectivity index (χ1v) is 8.77. The van der Waals surface area contributed by atoms with Crippen molar-refractivity contribution < 1.29 is 9.90 Å². The Morgan fingerprint density at radius 2 is 1.48 bits per heavy atom. The van der Waals surface area contributed by atoms with Gasteiger partial charge in [-0.25, -0.2) is 4.79 Å². The van der Waals surface area contributed by atoms with Crippen molar-refractivity contribution in [1.29, 1.82) is 0 Å². The van der Waals surface area contributed by atoms with Crippen molar-refractivity contribution in [3.8, 4) is 0 Å². The number of fused-ring (bicyclic) bond motifs is 1. The first-order valence-electron chi connectivity index (χ1n) is 8.77. The number of carbonyl (C=O) groups is 1. The molecule has 2 aromatic rings. The van der Waals surface area contributed by atoms with Crippen LogP contribution < -0.4 is 0 Å². The predicted octanol–water partition coefficient (Wildman–Crippen LogP) is 5.90. The number of benzene rings is 2. The summed E-state index contributed by atoms with van der Waals surface area (Å²) in [6.45, 7) is 11.4. The molecule has 0 bridgehead atoms. The Balaban J connectivity index is 1.96. The predicted molar refractivity (Wildman–Crippen MR) is 104 cm³/mol. The van der Waals surface area contributed by atoms with E-state index in [1.54, 1.807) is 12.1 Å². The molecule has 3 rings (SSSR count). The fourth-order valence-electron chi connectivity index (χ4n) is 4.29. The van der Waals surface area contributed by atoms with Gasteiger partial charge in [0.2, 0.25) is 0 Å². The van der Waals surface area contributed by atoms with Crippen LogP contribution in [-0.2, 0) is 10.8 Å². The lowest BCUT2D eigenvalue weighted by atomic mass is 9.82. The monoisotopic (exact) mass is 334 g/mol. The molecule has 0 radical (unpaired) electrons. The van der Waals surface area contributed by atoms with Crippen LogP contribution >= 0.6 is 0 Å². The average molecular weight is 334 g/mol. The number of hydrogen-bond acceptors (Lipinski definition) is 1. The number of rotatable bonds is 3. The first kappa shape index (κ1) is 17.5. The van der Waals surface area contributed by atoms with Gasteiger partial charge in [0.15, 0.2) is 0 Å². The van der Waals surface area contributed by atoms with E-state index in [1.165, 1.54) is 22.3 Å². The molecule has 1 aliphatic rings. The second-order valence-electron chi connectivity index (χ2n) is 8.46. The van der Waals surface area contributed by atoms with Crippen LogP contribution in [0.15, 0.2) is 42.5 Å². The minimum absolute atomic E-state index is 0.193. The van der Waals surface area contributed by atoms with Crippen LogP contribution in [0.1, 0.15) is 73.7 Å². The number of aromatic carboxylic acids is 1. The number of allylic oxidation sites excluding steroid dienone is 1. The fraction of sp³-hybridized carbons (Fsp3) is 0.348. The molecule has 2 nitrogen and oxygen atoms in total. The molecular formula is C23H26O2. The molecule has 0 amide bonds. The second-order valence-corrected chi connectivity index (χ2v) is 8.46. The van der Waals surface area contributed by atoms with Gasteiger partial charge in [0.25, 0.3) is 0 Å². The van der Waals surface area contributed by atoms with Gasteiger partial charge < -0.3 is 5.11 Å². The van der Waals surface area contributed by atoms with Crippen molar-refractivity contribution in [3.05, 3.63) is 70.3 Å². The molecule has 25 heavy (non-hydrogen) atoms. The van der Waals surface area contributed by atoms with E-state index in [2.05, 4.69) is 58.9 Å². The SMILES string of the molecule is CC(=Cc1ccc(C(=O)O)cc1)c1ccc2c(c1)C(C)(C)CC2(C)C. The normalized spacial score (nSPS) is 18.0. The maximum absolute atomic E-state index is 11.0. The highest BCUT2D eigenvalue weighted by molar-refractivity contribution is 5.88. The molecule has 0 spiro atoms.